The van der Waals surface area contributed by atoms with Crippen LogP contribution < -0.4 is 0 Å². The van der Waals surface area contributed by atoms with Gasteiger partial charge in [0.2, 0.25) is 0 Å². The van der Waals surface area contributed by atoms with Gasteiger partial charge in [-0.25, -0.2) is 8.42 Å². The van der Waals surface area contributed by atoms with Crippen molar-refractivity contribution in [1.82, 2.24) is 0 Å². The molecule has 4 bridgehead atoms. The highest BCUT2D eigenvalue weighted by Crippen LogP contribution is 2.57. The number of alkyl halides is 3. The highest BCUT2D eigenvalue weighted by Gasteiger charge is 2.55. The van der Waals surface area contributed by atoms with Gasteiger partial charge in [0, 0.05) is 0 Å². The van der Waals surface area contributed by atoms with Crippen molar-refractivity contribution in [3.63, 3.8) is 0 Å². The lowest BCUT2D eigenvalue weighted by molar-refractivity contribution is -0.217. The molecule has 5 nitrogen and oxygen atoms in total. The van der Waals surface area contributed by atoms with Gasteiger partial charge in [-0.15, -0.1) is 0 Å². The highest BCUT2D eigenvalue weighted by atomic mass is 32.2. The highest BCUT2D eigenvalue weighted by molar-refractivity contribution is 7.85. The number of carbonyl (C=O) groups excluding carboxylic acids is 1. The number of carbonyl (C=O) groups is 1. The number of ether oxygens (including phenoxy) is 1. The van der Waals surface area contributed by atoms with Crippen molar-refractivity contribution in [3.8, 4) is 0 Å². The zero-order valence-electron chi connectivity index (χ0n) is 12.3. The van der Waals surface area contributed by atoms with Gasteiger partial charge >= 0.3 is 12.1 Å². The lowest BCUT2D eigenvalue weighted by atomic mass is 9.54. The Balaban J connectivity index is 1.76. The van der Waals surface area contributed by atoms with Gasteiger partial charge in [-0.1, -0.05) is 0 Å². The summed E-state index contributed by atoms with van der Waals surface area (Å²) >= 11 is 0. The Kier molecular flexibility index (Phi) is 3.95. The molecule has 0 heterocycles. The second-order valence-corrected chi connectivity index (χ2v) is 8.79. The minimum absolute atomic E-state index is 0.363. The molecule has 0 aliphatic heterocycles. The molecule has 0 radical (unpaired) electrons. The fourth-order valence-electron chi connectivity index (χ4n) is 4.94. The van der Waals surface area contributed by atoms with Crippen LogP contribution in [-0.2, 0) is 19.6 Å². The lowest BCUT2D eigenvalue weighted by Crippen LogP contribution is -2.54. The maximum Gasteiger partial charge on any atom is 0.403 e. The fraction of sp³-hybridized carbons (Fsp3) is 0.929. The smallest absolute Gasteiger partial charge is 0.403 e. The van der Waals surface area contributed by atoms with Crippen LogP contribution in [0.1, 0.15) is 38.5 Å². The van der Waals surface area contributed by atoms with E-state index in [4.69, 9.17) is 4.74 Å². The average molecular weight is 355 g/mol. The molecule has 4 rings (SSSR count). The van der Waals surface area contributed by atoms with E-state index in [1.54, 1.807) is 0 Å². The zero-order chi connectivity index (χ0) is 17.0. The van der Waals surface area contributed by atoms with E-state index in [1.807, 2.05) is 0 Å². The number of hydrogen-bond donors (Lipinski definition) is 0. The Morgan fingerprint density at radius 2 is 1.57 bits per heavy atom. The van der Waals surface area contributed by atoms with E-state index < -0.39 is 39.5 Å². The van der Waals surface area contributed by atoms with Crippen LogP contribution in [-0.4, -0.2) is 36.5 Å². The maximum absolute atomic E-state index is 13.0. The number of halogens is 3. The minimum Gasteiger partial charge on any atom is -0.748 e. The summed E-state index contributed by atoms with van der Waals surface area (Å²) in [6.45, 7) is 0. The molecule has 132 valence electrons. The van der Waals surface area contributed by atoms with Crippen molar-refractivity contribution >= 4 is 16.1 Å². The second-order valence-electron chi connectivity index (χ2n) is 7.34. The van der Waals surface area contributed by atoms with Crippen LogP contribution in [0.3, 0.4) is 0 Å². The van der Waals surface area contributed by atoms with Gasteiger partial charge < -0.3 is 9.29 Å². The molecule has 0 saturated heterocycles. The largest absolute Gasteiger partial charge is 0.748 e. The Bertz CT molecular complexity index is 563. The summed E-state index contributed by atoms with van der Waals surface area (Å²) in [5.74, 6) is -5.25. The van der Waals surface area contributed by atoms with Crippen molar-refractivity contribution in [2.45, 2.75) is 50.3 Å². The van der Waals surface area contributed by atoms with Crippen molar-refractivity contribution in [2.75, 3.05) is 5.75 Å². The molecule has 0 spiro atoms. The number of esters is 1. The third kappa shape index (κ3) is 3.65. The van der Waals surface area contributed by atoms with Crippen LogP contribution in [0, 0.1) is 23.7 Å². The number of rotatable bonds is 4. The summed E-state index contributed by atoms with van der Waals surface area (Å²) in [6.07, 6.45) is -0.424. The van der Waals surface area contributed by atoms with E-state index in [2.05, 4.69) is 0 Å². The molecule has 1 atom stereocenters. The summed E-state index contributed by atoms with van der Waals surface area (Å²) in [4.78, 5) is 12.0. The predicted octanol–water partition coefficient (Wildman–Crippen LogP) is 2.22. The van der Waals surface area contributed by atoms with E-state index in [0.717, 1.165) is 19.3 Å². The SMILES string of the molecule is O=C(OC12CC3CC(CC(C3)C1)C2)C(CS(=O)(=O)[O-])C(F)(F)F. The van der Waals surface area contributed by atoms with Gasteiger partial charge in [0.25, 0.3) is 0 Å². The van der Waals surface area contributed by atoms with Gasteiger partial charge in [0.15, 0.2) is 5.92 Å². The summed E-state index contributed by atoms with van der Waals surface area (Å²) in [5.41, 5.74) is -0.901. The van der Waals surface area contributed by atoms with Crippen molar-refractivity contribution in [3.05, 3.63) is 0 Å². The van der Waals surface area contributed by atoms with Gasteiger partial charge in [0.1, 0.15) is 5.60 Å². The van der Waals surface area contributed by atoms with Crippen molar-refractivity contribution < 1.29 is 35.7 Å². The third-order valence-electron chi connectivity index (χ3n) is 5.35. The van der Waals surface area contributed by atoms with E-state index >= 15 is 0 Å². The Morgan fingerprint density at radius 1 is 1.13 bits per heavy atom. The molecular formula is C14H18F3O5S-. The van der Waals surface area contributed by atoms with E-state index in [1.165, 1.54) is 0 Å². The van der Waals surface area contributed by atoms with E-state index in [0.29, 0.717) is 37.0 Å². The Labute approximate surface area is 132 Å². The first-order valence-electron chi connectivity index (χ1n) is 7.69. The van der Waals surface area contributed by atoms with E-state index in [-0.39, 0.29) is 0 Å². The first-order valence-corrected chi connectivity index (χ1v) is 9.27. The van der Waals surface area contributed by atoms with Gasteiger partial charge in [0.05, 0.1) is 15.9 Å². The molecular weight excluding hydrogens is 337 g/mol. The quantitative estimate of drug-likeness (QED) is 0.570. The molecule has 0 aromatic rings. The van der Waals surface area contributed by atoms with Gasteiger partial charge in [-0.2, -0.15) is 13.2 Å². The predicted molar refractivity (Wildman–Crippen MR) is 71.1 cm³/mol. The monoisotopic (exact) mass is 355 g/mol. The molecule has 0 aromatic carbocycles. The Morgan fingerprint density at radius 3 is 1.91 bits per heavy atom. The topological polar surface area (TPSA) is 83.5 Å². The van der Waals surface area contributed by atoms with E-state index in [9.17, 15) is 30.9 Å². The van der Waals surface area contributed by atoms with Crippen molar-refractivity contribution in [1.29, 1.82) is 0 Å². The third-order valence-corrected chi connectivity index (χ3v) is 6.09. The summed E-state index contributed by atoms with van der Waals surface area (Å²) in [6, 6.07) is 0. The van der Waals surface area contributed by atoms with Crippen molar-refractivity contribution in [2.24, 2.45) is 23.7 Å². The molecule has 4 aliphatic carbocycles. The van der Waals surface area contributed by atoms with Crippen LogP contribution in [0.5, 0.6) is 0 Å². The summed E-state index contributed by atoms with van der Waals surface area (Å²) in [5, 5.41) is 0. The van der Waals surface area contributed by atoms with Gasteiger partial charge in [-0.05, 0) is 56.3 Å². The molecule has 4 saturated carbocycles. The maximum atomic E-state index is 13.0. The molecule has 9 heteroatoms. The zero-order valence-corrected chi connectivity index (χ0v) is 13.2. The standard InChI is InChI=1S/C14H19F3O5S/c15-14(16,17)11(7-23(19,20)21)12(18)22-13-4-8-1-9(5-13)3-10(2-8)6-13/h8-11H,1-7H2,(H,19,20,21)/p-1. The number of hydrogen-bond acceptors (Lipinski definition) is 5. The van der Waals surface area contributed by atoms with Crippen LogP contribution >= 0.6 is 0 Å². The molecule has 23 heavy (non-hydrogen) atoms. The first kappa shape index (κ1) is 17.0. The molecule has 0 aromatic heterocycles. The second kappa shape index (κ2) is 5.34. The molecule has 0 amide bonds. The fourth-order valence-corrected chi connectivity index (χ4v) is 5.67. The molecule has 0 N–H and O–H groups in total. The average Bonchev–Trinajstić information content (AvgIpc) is 2.31. The molecule has 4 aliphatic rings. The minimum atomic E-state index is -5.19. The van der Waals surface area contributed by atoms with Crippen LogP contribution in [0.4, 0.5) is 13.2 Å². The summed E-state index contributed by atoms with van der Waals surface area (Å²) < 4.78 is 76.2. The lowest BCUT2D eigenvalue weighted by Gasteiger charge is -2.55. The summed E-state index contributed by atoms with van der Waals surface area (Å²) in [7, 11) is -5.19. The normalized spacial score (nSPS) is 37.7. The first-order chi connectivity index (χ1) is 10.5. The van der Waals surface area contributed by atoms with Gasteiger partial charge in [-0.3, -0.25) is 4.79 Å². The van der Waals surface area contributed by atoms with Crippen LogP contribution in [0.25, 0.3) is 0 Å². The molecule has 4 fully saturated rings. The Hall–Kier alpha value is -0.830. The molecule has 1 unspecified atom stereocenters. The van der Waals surface area contributed by atoms with Crippen LogP contribution in [0.15, 0.2) is 0 Å². The van der Waals surface area contributed by atoms with Crippen LogP contribution in [0.2, 0.25) is 0 Å².